The minimum absolute atomic E-state index is 0.0983. The maximum absolute atomic E-state index is 11.8. The van der Waals surface area contributed by atoms with E-state index in [-0.39, 0.29) is 11.9 Å². The van der Waals surface area contributed by atoms with Crippen molar-refractivity contribution in [2.75, 3.05) is 0 Å². The summed E-state index contributed by atoms with van der Waals surface area (Å²) in [6.07, 6.45) is 5.97. The summed E-state index contributed by atoms with van der Waals surface area (Å²) in [4.78, 5) is 11.8. The van der Waals surface area contributed by atoms with Crippen LogP contribution in [0, 0.1) is 0 Å². The van der Waals surface area contributed by atoms with Gasteiger partial charge in [-0.2, -0.15) is 0 Å². The van der Waals surface area contributed by atoms with Crippen LogP contribution in [0.25, 0.3) is 0 Å². The molecule has 3 atom stereocenters. The Labute approximate surface area is 120 Å². The SMILES string of the molecule is CCCCCC[C@H](O)[C@@H]1CCC2=C(O1)[C@H](O)CCC2=O. The van der Waals surface area contributed by atoms with E-state index in [4.69, 9.17) is 4.74 Å². The van der Waals surface area contributed by atoms with Crippen molar-refractivity contribution in [2.45, 2.75) is 83.0 Å². The number of aliphatic hydroxyl groups is 2. The van der Waals surface area contributed by atoms with Crippen LogP contribution in [0.3, 0.4) is 0 Å². The van der Waals surface area contributed by atoms with Crippen molar-refractivity contribution in [1.29, 1.82) is 0 Å². The lowest BCUT2D eigenvalue weighted by Crippen LogP contribution is -2.37. The number of rotatable bonds is 6. The monoisotopic (exact) mass is 282 g/mol. The number of carbonyl (C=O) groups excluding carboxylic acids is 1. The molecule has 0 fully saturated rings. The van der Waals surface area contributed by atoms with Crippen molar-refractivity contribution in [3.8, 4) is 0 Å². The molecule has 114 valence electrons. The summed E-state index contributed by atoms with van der Waals surface area (Å²) < 4.78 is 5.75. The van der Waals surface area contributed by atoms with Gasteiger partial charge in [0, 0.05) is 12.0 Å². The maximum atomic E-state index is 11.8. The third-order valence-corrected chi connectivity index (χ3v) is 4.32. The number of unbranched alkanes of at least 4 members (excludes halogenated alkanes) is 3. The van der Waals surface area contributed by atoms with E-state index in [9.17, 15) is 15.0 Å². The van der Waals surface area contributed by atoms with Gasteiger partial charge >= 0.3 is 0 Å². The molecule has 0 saturated carbocycles. The number of allylic oxidation sites excluding steroid dienone is 1. The minimum Gasteiger partial charge on any atom is -0.489 e. The molecule has 0 amide bonds. The number of ketones is 1. The number of carbonyl (C=O) groups is 1. The van der Waals surface area contributed by atoms with Crippen molar-refractivity contribution in [3.05, 3.63) is 11.3 Å². The van der Waals surface area contributed by atoms with Crippen LogP contribution in [0.2, 0.25) is 0 Å². The van der Waals surface area contributed by atoms with E-state index in [0.717, 1.165) is 19.3 Å². The Bertz CT molecular complexity index is 375. The first-order valence-corrected chi connectivity index (χ1v) is 7.92. The summed E-state index contributed by atoms with van der Waals surface area (Å²) in [5.41, 5.74) is 0.651. The highest BCUT2D eigenvalue weighted by atomic mass is 16.5. The lowest BCUT2D eigenvalue weighted by molar-refractivity contribution is -0.120. The van der Waals surface area contributed by atoms with E-state index in [1.165, 1.54) is 12.8 Å². The van der Waals surface area contributed by atoms with Gasteiger partial charge in [0.05, 0.1) is 6.10 Å². The van der Waals surface area contributed by atoms with Crippen LogP contribution in [0.15, 0.2) is 11.3 Å². The molecule has 0 aromatic carbocycles. The topological polar surface area (TPSA) is 66.8 Å². The van der Waals surface area contributed by atoms with E-state index in [0.29, 0.717) is 37.0 Å². The smallest absolute Gasteiger partial charge is 0.162 e. The molecule has 20 heavy (non-hydrogen) atoms. The van der Waals surface area contributed by atoms with Crippen LogP contribution >= 0.6 is 0 Å². The van der Waals surface area contributed by atoms with Crippen LogP contribution in [0.4, 0.5) is 0 Å². The minimum atomic E-state index is -0.669. The molecule has 0 aromatic heterocycles. The molecule has 0 bridgehead atoms. The second kappa shape index (κ2) is 7.23. The van der Waals surface area contributed by atoms with E-state index >= 15 is 0 Å². The third-order valence-electron chi connectivity index (χ3n) is 4.32. The van der Waals surface area contributed by atoms with Crippen molar-refractivity contribution in [3.63, 3.8) is 0 Å². The van der Waals surface area contributed by atoms with E-state index in [1.54, 1.807) is 0 Å². The third kappa shape index (κ3) is 3.61. The molecule has 1 heterocycles. The number of aliphatic hydroxyl groups excluding tert-OH is 2. The number of hydrogen-bond donors (Lipinski definition) is 2. The summed E-state index contributed by atoms with van der Waals surface area (Å²) in [6.45, 7) is 2.16. The van der Waals surface area contributed by atoms with Gasteiger partial charge in [0.25, 0.3) is 0 Å². The number of ether oxygens (including phenoxy) is 1. The average molecular weight is 282 g/mol. The van der Waals surface area contributed by atoms with Crippen LogP contribution in [0.1, 0.15) is 64.7 Å². The zero-order valence-electron chi connectivity index (χ0n) is 12.3. The Morgan fingerprint density at radius 2 is 2.05 bits per heavy atom. The van der Waals surface area contributed by atoms with Gasteiger partial charge in [0.15, 0.2) is 5.78 Å². The molecule has 0 saturated heterocycles. The number of hydrogen-bond acceptors (Lipinski definition) is 4. The fraction of sp³-hybridized carbons (Fsp3) is 0.812. The maximum Gasteiger partial charge on any atom is 0.162 e. The molecular weight excluding hydrogens is 256 g/mol. The van der Waals surface area contributed by atoms with Crippen LogP contribution < -0.4 is 0 Å². The van der Waals surface area contributed by atoms with E-state index in [2.05, 4.69) is 6.92 Å². The Morgan fingerprint density at radius 1 is 1.25 bits per heavy atom. The summed E-state index contributed by atoms with van der Waals surface area (Å²) in [7, 11) is 0. The van der Waals surface area contributed by atoms with Gasteiger partial charge in [-0.15, -0.1) is 0 Å². The molecule has 0 unspecified atom stereocenters. The summed E-state index contributed by atoms with van der Waals surface area (Å²) in [5.74, 6) is 0.534. The Kier molecular flexibility index (Phi) is 5.61. The van der Waals surface area contributed by atoms with E-state index in [1.807, 2.05) is 0 Å². The van der Waals surface area contributed by atoms with Gasteiger partial charge in [0.2, 0.25) is 0 Å². The average Bonchev–Trinajstić information content (AvgIpc) is 2.47. The molecule has 4 heteroatoms. The fourth-order valence-corrected chi connectivity index (χ4v) is 3.05. The zero-order chi connectivity index (χ0) is 14.5. The van der Waals surface area contributed by atoms with Gasteiger partial charge in [0.1, 0.15) is 18.0 Å². The standard InChI is InChI=1S/C16H26O4/c1-2-3-4-5-6-13(18)15-10-7-11-12(17)8-9-14(19)16(11)20-15/h13-15,18-19H,2-10H2,1H3/t13-,14+,15-/m0/s1. The van der Waals surface area contributed by atoms with E-state index < -0.39 is 12.2 Å². The normalized spacial score (nSPS) is 28.1. The predicted molar refractivity (Wildman–Crippen MR) is 76.1 cm³/mol. The molecule has 2 rings (SSSR count). The van der Waals surface area contributed by atoms with Crippen LogP contribution in [-0.4, -0.2) is 34.3 Å². The second-order valence-electron chi connectivity index (χ2n) is 5.93. The molecule has 2 N–H and O–H groups in total. The van der Waals surface area contributed by atoms with Gasteiger partial charge in [-0.25, -0.2) is 0 Å². The van der Waals surface area contributed by atoms with Gasteiger partial charge < -0.3 is 14.9 Å². The molecule has 0 radical (unpaired) electrons. The largest absolute Gasteiger partial charge is 0.489 e. The highest BCUT2D eigenvalue weighted by molar-refractivity contribution is 5.97. The summed E-state index contributed by atoms with van der Waals surface area (Å²) >= 11 is 0. The lowest BCUT2D eigenvalue weighted by atomic mass is 9.87. The van der Waals surface area contributed by atoms with Crippen molar-refractivity contribution >= 4 is 5.78 Å². The first-order chi connectivity index (χ1) is 9.63. The molecule has 1 aliphatic heterocycles. The van der Waals surface area contributed by atoms with Crippen molar-refractivity contribution in [2.24, 2.45) is 0 Å². The number of Topliss-reactive ketones (excluding diaryl/α,β-unsaturated/α-hetero) is 1. The van der Waals surface area contributed by atoms with Crippen molar-refractivity contribution in [1.82, 2.24) is 0 Å². The zero-order valence-corrected chi connectivity index (χ0v) is 12.3. The highest BCUT2D eigenvalue weighted by Crippen LogP contribution is 2.34. The molecule has 4 nitrogen and oxygen atoms in total. The second-order valence-corrected chi connectivity index (χ2v) is 5.93. The summed E-state index contributed by atoms with van der Waals surface area (Å²) in [5, 5.41) is 20.2. The molecule has 0 aromatic rings. The molecule has 1 aliphatic carbocycles. The fourth-order valence-electron chi connectivity index (χ4n) is 3.05. The molecule has 0 spiro atoms. The van der Waals surface area contributed by atoms with Crippen LogP contribution in [0.5, 0.6) is 0 Å². The molecule has 2 aliphatic rings. The summed E-state index contributed by atoms with van der Waals surface area (Å²) in [6, 6.07) is 0. The Balaban J connectivity index is 1.89. The predicted octanol–water partition coefficient (Wildman–Crippen LogP) is 2.47. The van der Waals surface area contributed by atoms with Crippen LogP contribution in [-0.2, 0) is 9.53 Å². The highest BCUT2D eigenvalue weighted by Gasteiger charge is 2.36. The van der Waals surface area contributed by atoms with Gasteiger partial charge in [-0.1, -0.05) is 32.6 Å². The Morgan fingerprint density at radius 3 is 2.80 bits per heavy atom. The Hall–Kier alpha value is -0.870. The quantitative estimate of drug-likeness (QED) is 0.734. The van der Waals surface area contributed by atoms with Gasteiger partial charge in [-0.05, 0) is 25.7 Å². The first-order valence-electron chi connectivity index (χ1n) is 7.92. The first kappa shape index (κ1) is 15.5. The molecular formula is C16H26O4. The lowest BCUT2D eigenvalue weighted by Gasteiger charge is -2.35. The van der Waals surface area contributed by atoms with Crippen molar-refractivity contribution < 1.29 is 19.7 Å². The van der Waals surface area contributed by atoms with Gasteiger partial charge in [-0.3, -0.25) is 4.79 Å².